The van der Waals surface area contributed by atoms with Crippen molar-refractivity contribution in [2.45, 2.75) is 19.4 Å². The van der Waals surface area contributed by atoms with Gasteiger partial charge in [0.05, 0.1) is 6.61 Å². The van der Waals surface area contributed by atoms with Gasteiger partial charge in [-0.3, -0.25) is 0 Å². The molecule has 0 radical (unpaired) electrons. The first-order chi connectivity index (χ1) is 7.63. The summed E-state index contributed by atoms with van der Waals surface area (Å²) >= 11 is 0. The van der Waals surface area contributed by atoms with Gasteiger partial charge in [-0.2, -0.15) is 0 Å². The van der Waals surface area contributed by atoms with Gasteiger partial charge in [-0.05, 0) is 51.7 Å². The largest absolute Gasteiger partial charge is 0.494 e. The van der Waals surface area contributed by atoms with Gasteiger partial charge < -0.3 is 15.0 Å². The normalized spacial score (nSPS) is 12.6. The Hall–Kier alpha value is -1.22. The lowest BCUT2D eigenvalue weighted by Gasteiger charge is -2.19. The molecule has 0 bridgehead atoms. The number of rotatable bonds is 6. The van der Waals surface area contributed by atoms with Gasteiger partial charge in [0.1, 0.15) is 5.75 Å². The first-order valence-electron chi connectivity index (χ1n) is 5.70. The van der Waals surface area contributed by atoms with E-state index in [-0.39, 0.29) is 0 Å². The fourth-order valence-electron chi connectivity index (χ4n) is 1.32. The third-order valence-electron chi connectivity index (χ3n) is 2.83. The van der Waals surface area contributed by atoms with Crippen LogP contribution in [-0.4, -0.2) is 38.7 Å². The van der Waals surface area contributed by atoms with E-state index < -0.39 is 0 Å². The number of nitrogens with one attached hydrogen (secondary N) is 1. The summed E-state index contributed by atoms with van der Waals surface area (Å²) in [6, 6.07) is 8.57. The number of hydrogen-bond acceptors (Lipinski definition) is 3. The van der Waals surface area contributed by atoms with Crippen molar-refractivity contribution in [2.24, 2.45) is 0 Å². The number of ether oxygens (including phenoxy) is 1. The highest BCUT2D eigenvalue weighted by Gasteiger charge is 2.04. The van der Waals surface area contributed by atoms with E-state index >= 15 is 0 Å². The summed E-state index contributed by atoms with van der Waals surface area (Å²) in [5, 5.41) is 3.08. The second-order valence-corrected chi connectivity index (χ2v) is 4.22. The van der Waals surface area contributed by atoms with Gasteiger partial charge in [-0.15, -0.1) is 0 Å². The fraction of sp³-hybridized carbons (Fsp3) is 0.538. The summed E-state index contributed by atoms with van der Waals surface area (Å²) in [6.07, 6.45) is 1.04. The summed E-state index contributed by atoms with van der Waals surface area (Å²) in [4.78, 5) is 2.20. The molecule has 1 atom stereocenters. The van der Waals surface area contributed by atoms with Crippen LogP contribution in [0.25, 0.3) is 0 Å². The summed E-state index contributed by atoms with van der Waals surface area (Å²) in [6.45, 7) is 2.96. The van der Waals surface area contributed by atoms with E-state index in [2.05, 4.69) is 31.2 Å². The molecule has 3 heteroatoms. The average Bonchev–Trinajstić information content (AvgIpc) is 2.29. The van der Waals surface area contributed by atoms with Gasteiger partial charge in [0.25, 0.3) is 0 Å². The monoisotopic (exact) mass is 222 g/mol. The van der Waals surface area contributed by atoms with E-state index in [4.69, 9.17) is 4.74 Å². The van der Waals surface area contributed by atoms with Crippen molar-refractivity contribution in [3.8, 4) is 5.75 Å². The highest BCUT2D eigenvalue weighted by Crippen LogP contribution is 2.15. The van der Waals surface area contributed by atoms with Crippen molar-refractivity contribution in [3.05, 3.63) is 24.3 Å². The molecule has 0 aliphatic carbocycles. The zero-order chi connectivity index (χ0) is 12.0. The molecule has 0 saturated carbocycles. The van der Waals surface area contributed by atoms with Crippen LogP contribution < -0.4 is 10.1 Å². The van der Waals surface area contributed by atoms with E-state index in [9.17, 15) is 0 Å². The molecule has 3 nitrogen and oxygen atoms in total. The molecule has 0 spiro atoms. The third kappa shape index (κ3) is 4.11. The van der Waals surface area contributed by atoms with E-state index in [0.717, 1.165) is 24.5 Å². The molecule has 0 heterocycles. The van der Waals surface area contributed by atoms with E-state index in [0.29, 0.717) is 6.04 Å². The van der Waals surface area contributed by atoms with Crippen LogP contribution in [-0.2, 0) is 0 Å². The molecule has 1 N–H and O–H groups in total. The lowest BCUT2D eigenvalue weighted by molar-refractivity contribution is 0.233. The third-order valence-corrected chi connectivity index (χ3v) is 2.83. The van der Waals surface area contributed by atoms with Crippen LogP contribution in [0, 0.1) is 0 Å². The van der Waals surface area contributed by atoms with Crippen molar-refractivity contribution in [2.75, 3.05) is 33.1 Å². The van der Waals surface area contributed by atoms with Crippen LogP contribution in [0.15, 0.2) is 24.3 Å². The molecule has 1 unspecified atom stereocenters. The van der Waals surface area contributed by atoms with Crippen molar-refractivity contribution >= 4 is 5.69 Å². The van der Waals surface area contributed by atoms with Crippen molar-refractivity contribution in [3.63, 3.8) is 0 Å². The van der Waals surface area contributed by atoms with Gasteiger partial charge in [-0.1, -0.05) is 0 Å². The van der Waals surface area contributed by atoms with Gasteiger partial charge >= 0.3 is 0 Å². The second-order valence-electron chi connectivity index (χ2n) is 4.22. The summed E-state index contributed by atoms with van der Waals surface area (Å²) in [5.74, 6) is 0.935. The average molecular weight is 222 g/mol. The van der Waals surface area contributed by atoms with Crippen LogP contribution in [0.3, 0.4) is 0 Å². The minimum absolute atomic E-state index is 0.552. The van der Waals surface area contributed by atoms with E-state index in [1.807, 2.05) is 31.3 Å². The second kappa shape index (κ2) is 6.38. The number of hydrogen-bond donors (Lipinski definition) is 1. The lowest BCUT2D eigenvalue weighted by Crippen LogP contribution is -2.26. The zero-order valence-corrected chi connectivity index (χ0v) is 10.7. The fourth-order valence-corrected chi connectivity index (χ4v) is 1.32. The standard InChI is InChI=1S/C13H22N2O/c1-11(15(3)4)9-10-16-13-7-5-12(14-2)6-8-13/h5-8,11,14H,9-10H2,1-4H3. The topological polar surface area (TPSA) is 24.5 Å². The molecule has 0 aromatic heterocycles. The highest BCUT2D eigenvalue weighted by molar-refractivity contribution is 5.45. The Morgan fingerprint density at radius 2 is 1.88 bits per heavy atom. The minimum Gasteiger partial charge on any atom is -0.494 e. The van der Waals surface area contributed by atoms with Crippen molar-refractivity contribution < 1.29 is 4.74 Å². The molecular formula is C13H22N2O. The predicted molar refractivity (Wildman–Crippen MR) is 69.2 cm³/mol. The minimum atomic E-state index is 0.552. The molecule has 90 valence electrons. The lowest BCUT2D eigenvalue weighted by atomic mass is 10.2. The summed E-state index contributed by atoms with van der Waals surface area (Å²) in [7, 11) is 6.09. The van der Waals surface area contributed by atoms with Gasteiger partial charge in [0.15, 0.2) is 0 Å². The number of nitrogens with zero attached hydrogens (tertiary/aromatic N) is 1. The van der Waals surface area contributed by atoms with Crippen LogP contribution in [0.1, 0.15) is 13.3 Å². The van der Waals surface area contributed by atoms with E-state index in [1.54, 1.807) is 0 Å². The first kappa shape index (κ1) is 12.8. The highest BCUT2D eigenvalue weighted by atomic mass is 16.5. The van der Waals surface area contributed by atoms with Crippen molar-refractivity contribution in [1.29, 1.82) is 0 Å². The maximum absolute atomic E-state index is 5.67. The van der Waals surface area contributed by atoms with Crippen LogP contribution in [0.4, 0.5) is 5.69 Å². The molecule has 16 heavy (non-hydrogen) atoms. The Bertz CT molecular complexity index is 295. The summed E-state index contributed by atoms with van der Waals surface area (Å²) in [5.41, 5.74) is 1.11. The Morgan fingerprint density at radius 1 is 1.25 bits per heavy atom. The van der Waals surface area contributed by atoms with Gasteiger partial charge in [0, 0.05) is 18.8 Å². The smallest absolute Gasteiger partial charge is 0.119 e. The van der Waals surface area contributed by atoms with Crippen LogP contribution in [0.5, 0.6) is 5.75 Å². The molecule has 0 fully saturated rings. The maximum Gasteiger partial charge on any atom is 0.119 e. The molecule has 0 aliphatic heterocycles. The predicted octanol–water partition coefficient (Wildman–Crippen LogP) is 2.45. The Labute approximate surface area is 98.4 Å². The molecule has 0 amide bonds. The molecular weight excluding hydrogens is 200 g/mol. The van der Waals surface area contributed by atoms with Crippen LogP contribution >= 0.6 is 0 Å². The molecule has 0 saturated heterocycles. The summed E-state index contributed by atoms with van der Waals surface area (Å²) < 4.78 is 5.67. The molecule has 0 aliphatic rings. The van der Waals surface area contributed by atoms with Crippen molar-refractivity contribution in [1.82, 2.24) is 4.90 Å². The van der Waals surface area contributed by atoms with E-state index in [1.165, 1.54) is 0 Å². The van der Waals surface area contributed by atoms with Gasteiger partial charge in [-0.25, -0.2) is 0 Å². The molecule has 1 rings (SSSR count). The Morgan fingerprint density at radius 3 is 2.38 bits per heavy atom. The Kier molecular flexibility index (Phi) is 5.12. The molecule has 1 aromatic carbocycles. The van der Waals surface area contributed by atoms with Crippen LogP contribution in [0.2, 0.25) is 0 Å². The Balaban J connectivity index is 2.31. The molecule has 1 aromatic rings. The SMILES string of the molecule is CNc1ccc(OCCC(C)N(C)C)cc1. The number of anilines is 1. The first-order valence-corrected chi connectivity index (χ1v) is 5.70. The quantitative estimate of drug-likeness (QED) is 0.800. The van der Waals surface area contributed by atoms with Gasteiger partial charge in [0.2, 0.25) is 0 Å². The maximum atomic E-state index is 5.67. The number of benzene rings is 1. The zero-order valence-electron chi connectivity index (χ0n) is 10.7.